The normalized spacial score (nSPS) is 16.1. The van der Waals surface area contributed by atoms with Crippen LogP contribution in [0.2, 0.25) is 0 Å². The second-order valence-electron chi connectivity index (χ2n) is 6.04. The highest BCUT2D eigenvalue weighted by atomic mass is 16.6. The number of nitrogens with zero attached hydrogens (tertiary/aromatic N) is 1. The van der Waals surface area contributed by atoms with Gasteiger partial charge in [-0.3, -0.25) is 4.79 Å². The monoisotopic (exact) mass is 354 g/mol. The molecule has 3 rings (SSSR count). The number of hydrogen-bond donors (Lipinski definition) is 1. The van der Waals surface area contributed by atoms with Crippen LogP contribution in [0.5, 0.6) is 0 Å². The minimum atomic E-state index is -0.672. The molecule has 6 nitrogen and oxygen atoms in total. The number of ether oxygens (including phenoxy) is 2. The molecule has 136 valence electrons. The number of amides is 2. The van der Waals surface area contributed by atoms with Gasteiger partial charge >= 0.3 is 6.09 Å². The molecule has 0 unspecified atom stereocenters. The van der Waals surface area contributed by atoms with Crippen molar-refractivity contribution in [2.24, 2.45) is 5.92 Å². The van der Waals surface area contributed by atoms with E-state index in [9.17, 15) is 9.59 Å². The van der Waals surface area contributed by atoms with Crippen molar-refractivity contribution in [2.45, 2.75) is 20.0 Å². The van der Waals surface area contributed by atoms with E-state index in [4.69, 9.17) is 9.47 Å². The van der Waals surface area contributed by atoms with Crippen LogP contribution in [0, 0.1) is 5.92 Å². The first-order chi connectivity index (χ1) is 12.7. The van der Waals surface area contributed by atoms with Crippen molar-refractivity contribution >= 4 is 17.7 Å². The predicted molar refractivity (Wildman–Crippen MR) is 97.4 cm³/mol. The Kier molecular flexibility index (Phi) is 5.86. The van der Waals surface area contributed by atoms with Crippen LogP contribution < -0.4 is 10.4 Å². The molecule has 0 fully saturated rings. The van der Waals surface area contributed by atoms with Crippen LogP contribution in [0.25, 0.3) is 0 Å². The highest BCUT2D eigenvalue weighted by Gasteiger charge is 2.34. The van der Waals surface area contributed by atoms with E-state index in [2.05, 4.69) is 5.43 Å². The third-order valence-corrected chi connectivity index (χ3v) is 4.21. The molecular formula is C20H22N2O4. The zero-order valence-corrected chi connectivity index (χ0v) is 14.7. The summed E-state index contributed by atoms with van der Waals surface area (Å²) in [7, 11) is 0. The first-order valence-corrected chi connectivity index (χ1v) is 8.66. The maximum atomic E-state index is 12.8. The molecule has 0 saturated carbocycles. The van der Waals surface area contributed by atoms with E-state index in [-0.39, 0.29) is 18.4 Å². The largest absolute Gasteiger partial charge is 0.443 e. The molecule has 0 spiro atoms. The standard InChI is InChI=1S/C20H22N2O4/c1-2-25-14-17-12-16-10-6-7-11-18(16)22(19(17)23)21-20(24)26-13-15-8-4-3-5-9-15/h3-11,17H,2,12-14H2,1H3,(H,21,24)/t17-/m0/s1. The van der Waals surface area contributed by atoms with E-state index in [0.29, 0.717) is 25.3 Å². The number of fused-ring (bicyclic) bond motifs is 1. The lowest BCUT2D eigenvalue weighted by Gasteiger charge is -2.33. The molecule has 1 aliphatic rings. The number of hydrazine groups is 1. The lowest BCUT2D eigenvalue weighted by molar-refractivity contribution is -0.125. The molecule has 2 aromatic rings. The van der Waals surface area contributed by atoms with Gasteiger partial charge in [0.25, 0.3) is 5.91 Å². The van der Waals surface area contributed by atoms with Gasteiger partial charge in [-0.25, -0.2) is 15.2 Å². The van der Waals surface area contributed by atoms with Gasteiger partial charge in [0.05, 0.1) is 18.2 Å². The van der Waals surface area contributed by atoms with Gasteiger partial charge in [-0.15, -0.1) is 0 Å². The summed E-state index contributed by atoms with van der Waals surface area (Å²) in [4.78, 5) is 25.0. The molecule has 0 aromatic heterocycles. The first kappa shape index (κ1) is 17.9. The van der Waals surface area contributed by atoms with Crippen molar-refractivity contribution in [3.8, 4) is 0 Å². The fourth-order valence-corrected chi connectivity index (χ4v) is 2.91. The summed E-state index contributed by atoms with van der Waals surface area (Å²) in [5.41, 5.74) is 5.10. The molecule has 1 N–H and O–H groups in total. The van der Waals surface area contributed by atoms with Crippen molar-refractivity contribution in [3.05, 3.63) is 65.7 Å². The Morgan fingerprint density at radius 1 is 1.15 bits per heavy atom. The van der Waals surface area contributed by atoms with Crippen LogP contribution in [0.15, 0.2) is 54.6 Å². The summed E-state index contributed by atoms with van der Waals surface area (Å²) in [6, 6.07) is 16.9. The number of para-hydroxylation sites is 1. The Hall–Kier alpha value is -2.86. The molecule has 0 aliphatic carbocycles. The summed E-state index contributed by atoms with van der Waals surface area (Å²) < 4.78 is 10.7. The third kappa shape index (κ3) is 4.21. The number of nitrogens with one attached hydrogen (secondary N) is 1. The van der Waals surface area contributed by atoms with Crippen LogP contribution in [-0.4, -0.2) is 25.2 Å². The molecule has 2 aromatic carbocycles. The second kappa shape index (κ2) is 8.49. The van der Waals surface area contributed by atoms with Gasteiger partial charge in [0.2, 0.25) is 0 Å². The number of carbonyl (C=O) groups is 2. The van der Waals surface area contributed by atoms with Crippen molar-refractivity contribution in [1.82, 2.24) is 5.43 Å². The van der Waals surface area contributed by atoms with Crippen molar-refractivity contribution < 1.29 is 19.1 Å². The molecule has 6 heteroatoms. The molecule has 1 atom stereocenters. The Labute approximate surface area is 152 Å². The SMILES string of the molecule is CCOC[C@@H]1Cc2ccccc2N(NC(=O)OCc2ccccc2)C1=O. The van der Waals surface area contributed by atoms with Crippen molar-refractivity contribution in [1.29, 1.82) is 0 Å². The number of carbonyl (C=O) groups excluding carboxylic acids is 2. The zero-order valence-electron chi connectivity index (χ0n) is 14.7. The Bertz CT molecular complexity index is 763. The average molecular weight is 354 g/mol. The summed E-state index contributed by atoms with van der Waals surface area (Å²) >= 11 is 0. The van der Waals surface area contributed by atoms with Crippen LogP contribution in [0.4, 0.5) is 10.5 Å². The fourth-order valence-electron chi connectivity index (χ4n) is 2.91. The molecule has 1 aliphatic heterocycles. The van der Waals surface area contributed by atoms with Crippen molar-refractivity contribution in [2.75, 3.05) is 18.2 Å². The van der Waals surface area contributed by atoms with E-state index >= 15 is 0 Å². The number of anilines is 1. The average Bonchev–Trinajstić information content (AvgIpc) is 2.68. The predicted octanol–water partition coefficient (Wildman–Crippen LogP) is 3.07. The maximum Gasteiger partial charge on any atom is 0.426 e. The van der Waals surface area contributed by atoms with E-state index in [1.807, 2.05) is 61.5 Å². The van der Waals surface area contributed by atoms with Gasteiger partial charge in [-0.05, 0) is 30.5 Å². The highest BCUT2D eigenvalue weighted by molar-refractivity contribution is 5.99. The minimum absolute atomic E-state index is 0.138. The minimum Gasteiger partial charge on any atom is -0.443 e. The molecule has 26 heavy (non-hydrogen) atoms. The zero-order chi connectivity index (χ0) is 18.4. The smallest absolute Gasteiger partial charge is 0.426 e. The van der Waals surface area contributed by atoms with Gasteiger partial charge in [-0.2, -0.15) is 0 Å². The molecular weight excluding hydrogens is 332 g/mol. The molecule has 0 saturated heterocycles. The quantitative estimate of drug-likeness (QED) is 0.866. The van der Waals surface area contributed by atoms with Gasteiger partial charge in [0.1, 0.15) is 6.61 Å². The Morgan fingerprint density at radius 2 is 1.88 bits per heavy atom. The Balaban J connectivity index is 1.69. The lowest BCUT2D eigenvalue weighted by Crippen LogP contribution is -2.53. The van der Waals surface area contributed by atoms with Gasteiger partial charge in [0.15, 0.2) is 0 Å². The first-order valence-electron chi connectivity index (χ1n) is 8.66. The summed E-state index contributed by atoms with van der Waals surface area (Å²) in [6.07, 6.45) is -0.0826. The van der Waals surface area contributed by atoms with Crippen molar-refractivity contribution in [3.63, 3.8) is 0 Å². The van der Waals surface area contributed by atoms with Gasteiger partial charge in [-0.1, -0.05) is 48.5 Å². The summed E-state index contributed by atoms with van der Waals surface area (Å²) in [5.74, 6) is -0.534. The van der Waals surface area contributed by atoms with Crippen LogP contribution in [0.1, 0.15) is 18.1 Å². The fraction of sp³-hybridized carbons (Fsp3) is 0.300. The van der Waals surface area contributed by atoms with Gasteiger partial charge in [0, 0.05) is 6.61 Å². The third-order valence-electron chi connectivity index (χ3n) is 4.21. The van der Waals surface area contributed by atoms with E-state index in [1.54, 1.807) is 0 Å². The lowest BCUT2D eigenvalue weighted by atomic mass is 9.93. The maximum absolute atomic E-state index is 12.8. The number of rotatable bonds is 6. The van der Waals surface area contributed by atoms with Gasteiger partial charge < -0.3 is 9.47 Å². The van der Waals surface area contributed by atoms with Crippen LogP contribution in [0.3, 0.4) is 0 Å². The molecule has 0 bridgehead atoms. The number of hydrogen-bond acceptors (Lipinski definition) is 4. The summed E-state index contributed by atoms with van der Waals surface area (Å²) in [6.45, 7) is 2.88. The molecule has 0 radical (unpaired) electrons. The van der Waals surface area contributed by atoms with E-state index in [1.165, 1.54) is 5.01 Å². The number of benzene rings is 2. The molecule has 2 amide bonds. The topological polar surface area (TPSA) is 67.9 Å². The van der Waals surface area contributed by atoms with E-state index in [0.717, 1.165) is 11.1 Å². The summed E-state index contributed by atoms with van der Waals surface area (Å²) in [5, 5.41) is 1.27. The highest BCUT2D eigenvalue weighted by Crippen LogP contribution is 2.29. The van der Waals surface area contributed by atoms with E-state index < -0.39 is 6.09 Å². The second-order valence-corrected chi connectivity index (χ2v) is 6.04. The molecule has 1 heterocycles. The van der Waals surface area contributed by atoms with Crippen LogP contribution >= 0.6 is 0 Å². The van der Waals surface area contributed by atoms with Crippen LogP contribution in [-0.2, 0) is 27.3 Å². The Morgan fingerprint density at radius 3 is 2.65 bits per heavy atom.